The fourth-order valence-corrected chi connectivity index (χ4v) is 15.0. The molecule has 680 valence electrons. The van der Waals surface area contributed by atoms with Crippen LogP contribution in [0, 0.1) is 0 Å². The van der Waals surface area contributed by atoms with Gasteiger partial charge in [0.2, 0.25) is 11.8 Å². The van der Waals surface area contributed by atoms with Gasteiger partial charge in [-0.05, 0) is 0 Å². The summed E-state index contributed by atoms with van der Waals surface area (Å²) in [7, 11) is 0. The summed E-state index contributed by atoms with van der Waals surface area (Å²) < 4.78 is 111. The quantitative estimate of drug-likeness (QED) is 0.0318. The van der Waals surface area contributed by atoms with Gasteiger partial charge in [0, 0.05) is 13.8 Å². The van der Waals surface area contributed by atoms with E-state index in [1.54, 1.807) is 0 Å². The van der Waals surface area contributed by atoms with Crippen molar-refractivity contribution in [1.29, 1.82) is 0 Å². The van der Waals surface area contributed by atoms with Crippen LogP contribution in [-0.2, 0) is 99.6 Å². The maximum absolute atomic E-state index is 13.0. The van der Waals surface area contributed by atoms with E-state index in [4.69, 9.17) is 90.0 Å². The van der Waals surface area contributed by atoms with Gasteiger partial charge in [0.25, 0.3) is 0 Å². The van der Waals surface area contributed by atoms with E-state index in [1.807, 2.05) is 0 Å². The maximum Gasteiger partial charge on any atom is 0.217 e. The second-order valence-corrected chi connectivity index (χ2v) is 29.5. The number of carbonyl (C=O) groups is 2. The van der Waals surface area contributed by atoms with Gasteiger partial charge in [-0.15, -0.1) is 0 Å². The van der Waals surface area contributed by atoms with Crippen molar-refractivity contribution in [2.24, 2.45) is 0 Å². The molecule has 53 heteroatoms. The highest BCUT2D eigenvalue weighted by Crippen LogP contribution is 2.41. The Kier molecular flexibility index (Phi) is 34.4. The van der Waals surface area contributed by atoms with Gasteiger partial charge < -0.3 is 254 Å². The lowest BCUT2D eigenvalue weighted by Crippen LogP contribution is -2.70. The van der Waals surface area contributed by atoms with Crippen molar-refractivity contribution >= 4 is 11.8 Å². The van der Waals surface area contributed by atoms with E-state index in [2.05, 4.69) is 10.6 Å². The molecule has 32 N–H and O–H groups in total. The van der Waals surface area contributed by atoms with Gasteiger partial charge in [-0.1, -0.05) is 0 Å². The van der Waals surface area contributed by atoms with Gasteiger partial charge in [-0.3, -0.25) is 9.59 Å². The number of nitrogens with one attached hydrogen (secondary N) is 2. The van der Waals surface area contributed by atoms with Crippen molar-refractivity contribution in [3.63, 3.8) is 0 Å². The molecule has 10 aliphatic heterocycles. The van der Waals surface area contributed by atoms with Crippen LogP contribution in [0.3, 0.4) is 0 Å². The zero-order valence-corrected chi connectivity index (χ0v) is 61.9. The predicted octanol–water partition coefficient (Wildman–Crippen LogP) is -22.5. The summed E-state index contributed by atoms with van der Waals surface area (Å²) in [6.07, 6.45) is -103. The maximum atomic E-state index is 13.0. The molecule has 0 radical (unpaired) electrons. The first-order chi connectivity index (χ1) is 55.4. The lowest BCUT2D eigenvalue weighted by atomic mass is 9.94. The molecule has 0 saturated carbocycles. The fraction of sp³-hybridized carbons (Fsp3) is 0.969. The smallest absolute Gasteiger partial charge is 0.217 e. The highest BCUT2D eigenvalue weighted by atomic mass is 16.8. The molecule has 2 amide bonds. The van der Waals surface area contributed by atoms with Crippen LogP contribution in [0.5, 0.6) is 0 Å². The molecule has 0 aromatic heterocycles. The molecule has 0 aliphatic carbocycles. The van der Waals surface area contributed by atoms with Gasteiger partial charge in [0.15, 0.2) is 62.9 Å². The molecule has 50 atom stereocenters. The van der Waals surface area contributed by atoms with E-state index in [0.29, 0.717) is 0 Å². The third-order valence-corrected chi connectivity index (χ3v) is 21.7. The summed E-state index contributed by atoms with van der Waals surface area (Å²) in [5, 5.41) is 337. The van der Waals surface area contributed by atoms with Crippen molar-refractivity contribution in [2.75, 3.05) is 66.1 Å². The zero-order valence-electron chi connectivity index (χ0n) is 61.9. The lowest BCUT2D eigenvalue weighted by molar-refractivity contribution is -0.411. The number of amides is 2. The molecule has 0 bridgehead atoms. The molecule has 10 fully saturated rings. The highest BCUT2D eigenvalue weighted by molar-refractivity contribution is 5.73. The number of rotatable bonds is 30. The third kappa shape index (κ3) is 20.7. The lowest BCUT2D eigenvalue weighted by Gasteiger charge is -2.51. The average Bonchev–Trinajstić information content (AvgIpc) is 0.773. The predicted molar refractivity (Wildman–Crippen MR) is 353 cm³/mol. The van der Waals surface area contributed by atoms with Crippen LogP contribution in [0.25, 0.3) is 0 Å². The number of ether oxygens (including phenoxy) is 19. The summed E-state index contributed by atoms with van der Waals surface area (Å²) in [5.74, 6) is -1.77. The molecular formula is C64H108N2O51. The van der Waals surface area contributed by atoms with Crippen LogP contribution in [0.1, 0.15) is 13.8 Å². The monoisotopic (exact) mass is 1720 g/mol. The topological polar surface area (TPSA) is 840 Å². The van der Waals surface area contributed by atoms with E-state index in [-0.39, 0.29) is 0 Å². The van der Waals surface area contributed by atoms with E-state index < -0.39 is 385 Å². The number of hydrogen-bond acceptors (Lipinski definition) is 51. The van der Waals surface area contributed by atoms with Crippen molar-refractivity contribution in [3.05, 3.63) is 0 Å². The molecule has 0 aromatic rings. The van der Waals surface area contributed by atoms with E-state index in [0.717, 1.165) is 13.8 Å². The summed E-state index contributed by atoms with van der Waals surface area (Å²) >= 11 is 0. The first kappa shape index (κ1) is 96.2. The largest absolute Gasteiger partial charge is 0.394 e. The molecule has 10 aliphatic rings. The standard InChI is InChI=1S/C64H108N2O51/c1-13(75)65-25-35(85)48(21(9-73)101-55(25)98)111-56-26(66-14(2)76)36(86)49(22(10-74)108-56)112-62-47(97)52(34(84)24(110-62)12-100-58-45(95)51(114-60-44(94)39(89)29(79)17(5-69)104-60)33(83)23(109-58)11-99-57-42(92)37(87)27(77)15(3-67)102-57)115-63-54(41(91)31(81)18(6-70)106-63)117-64-53(40(90)30(80)19(7-71)107-64)116-61-46(96)50(32(82)20(8-72)105-61)113-59-43(93)38(88)28(78)16(4-68)103-59/h15-64,67-74,77-98H,3-12H2,1-2H3,(H,65,75)(H,66,76)/t15-,16-,17-,18-,19-,20-,21-,22-,23-,24-,25-,26-,27-,28-,29-,30-,31-,32-,33-,34-,35-,36-,37+,38+,39+,40+,41+,42+,43+,44+,45+,46+,47+,48-,49-,50+,51+,52+,53+,54+,55-,56+,57+,58+,59-,60-,61-,62+,63-,64-/m1/s1. The Labute approximate surface area is 660 Å². The molecule has 53 nitrogen and oxygen atoms in total. The van der Waals surface area contributed by atoms with Gasteiger partial charge >= 0.3 is 0 Å². The van der Waals surface area contributed by atoms with Crippen LogP contribution in [-0.4, -0.2) is 538 Å². The molecule has 10 rings (SSSR count). The second-order valence-electron chi connectivity index (χ2n) is 29.5. The summed E-state index contributed by atoms with van der Waals surface area (Å²) in [6, 6.07) is -3.63. The SMILES string of the molecule is CC(=O)N[C@@H]1[C@@H](O)[C@H](O[C@@H]2O[C@H](CO)[C@@H](O[C@@H]3O[C@H](CO[C@H]4O[C@H](CO[C@H]5O[C@H](CO)[C@@H](O)[C@H](O)[C@@H]5O)[C@@H](O)[C@H](O[C@H]5O[C@H](CO)[C@@H](O)[C@H](O)[C@@H]5O)[C@@H]4O)[C@@H](O)[C@H](O[C@H]4O[C@H](CO)[C@@H](O)[C@H](O)[C@@H]4O[C@H]4O[C@H](CO)[C@@H](O)[C@H](O)[C@@H]4O[C@H]4O[C@H](CO)[C@@H](O)[C@H](O[C@H]5O[C@H](CO)[C@@H](O)[C@H](O)[C@@H]5O)[C@@H]4O)[C@@H]3O)[C@H](O)[C@H]2NC(C)=O)[C@@H](CO)O[C@H]1O. The second kappa shape index (κ2) is 41.9. The van der Waals surface area contributed by atoms with Crippen LogP contribution in [0.2, 0.25) is 0 Å². The molecule has 10 saturated heterocycles. The number of hydrogen-bond donors (Lipinski definition) is 32. The van der Waals surface area contributed by atoms with Crippen LogP contribution < -0.4 is 10.6 Å². The van der Waals surface area contributed by atoms with Crippen molar-refractivity contribution in [3.8, 4) is 0 Å². The number of aliphatic hydroxyl groups excluding tert-OH is 30. The van der Waals surface area contributed by atoms with Crippen LogP contribution in [0.4, 0.5) is 0 Å². The van der Waals surface area contributed by atoms with Gasteiger partial charge in [0.05, 0.1) is 66.1 Å². The fourth-order valence-electron chi connectivity index (χ4n) is 15.0. The number of aliphatic hydroxyl groups is 30. The van der Waals surface area contributed by atoms with Gasteiger partial charge in [0.1, 0.15) is 244 Å². The number of carbonyl (C=O) groups excluding carboxylic acids is 2. The summed E-state index contributed by atoms with van der Waals surface area (Å²) in [5.41, 5.74) is 0. The third-order valence-electron chi connectivity index (χ3n) is 21.7. The molecule has 117 heavy (non-hydrogen) atoms. The summed E-state index contributed by atoms with van der Waals surface area (Å²) in [4.78, 5) is 25.2. The molecule has 0 spiro atoms. The average molecular weight is 1720 g/mol. The Morgan fingerprint density at radius 3 is 0.855 bits per heavy atom. The van der Waals surface area contributed by atoms with E-state index in [9.17, 15) is 163 Å². The van der Waals surface area contributed by atoms with Crippen molar-refractivity contribution in [1.82, 2.24) is 10.6 Å². The zero-order chi connectivity index (χ0) is 85.9. The Bertz CT molecular complexity index is 3050. The molecular weight excluding hydrogens is 1610 g/mol. The van der Waals surface area contributed by atoms with Crippen molar-refractivity contribution in [2.45, 2.75) is 321 Å². The molecule has 0 unspecified atom stereocenters. The first-order valence-corrected chi connectivity index (χ1v) is 37.2. The van der Waals surface area contributed by atoms with Crippen molar-refractivity contribution < 1.29 is 253 Å². The minimum absolute atomic E-state index is 0.804. The van der Waals surface area contributed by atoms with Gasteiger partial charge in [-0.2, -0.15) is 0 Å². The Morgan fingerprint density at radius 1 is 0.222 bits per heavy atom. The normalized spacial score (nSPS) is 51.5. The minimum Gasteiger partial charge on any atom is -0.394 e. The first-order valence-electron chi connectivity index (χ1n) is 37.2. The molecule has 10 heterocycles. The Balaban J connectivity index is 0.986. The van der Waals surface area contributed by atoms with E-state index >= 15 is 0 Å². The van der Waals surface area contributed by atoms with Gasteiger partial charge in [-0.25, -0.2) is 0 Å². The van der Waals surface area contributed by atoms with Crippen LogP contribution >= 0.6 is 0 Å². The Hall–Kier alpha value is -3.02. The highest BCUT2D eigenvalue weighted by Gasteiger charge is 2.62. The summed E-state index contributed by atoms with van der Waals surface area (Å²) in [6.45, 7) is -9.18. The minimum atomic E-state index is -2.64. The van der Waals surface area contributed by atoms with Crippen LogP contribution in [0.15, 0.2) is 0 Å². The Morgan fingerprint density at radius 2 is 0.462 bits per heavy atom. The van der Waals surface area contributed by atoms with E-state index in [1.165, 1.54) is 0 Å². The molecule has 0 aromatic carbocycles.